The van der Waals surface area contributed by atoms with E-state index in [-0.39, 0.29) is 29.0 Å². The standard InChI is InChI=1S/C24H28N2O5S/c1-24(2)15-21(27)20-14-16(8-13-22(20)31-24)23(28)25-17-9-11-19(12-10-17)32(29,30)26-18-6-4-3-5-7-18/h8-14,18,26H,3-7,15H2,1-2H3,(H,25,28). The van der Waals surface area contributed by atoms with Gasteiger partial charge in [-0.25, -0.2) is 13.1 Å². The van der Waals surface area contributed by atoms with Gasteiger partial charge in [-0.1, -0.05) is 19.3 Å². The molecular formula is C24H28N2O5S. The van der Waals surface area contributed by atoms with Crippen LogP contribution in [0.5, 0.6) is 5.75 Å². The summed E-state index contributed by atoms with van der Waals surface area (Å²) in [5, 5.41) is 2.75. The number of rotatable bonds is 5. The maximum atomic E-state index is 12.7. The van der Waals surface area contributed by atoms with Crippen LogP contribution in [0.3, 0.4) is 0 Å². The number of ketones is 1. The van der Waals surface area contributed by atoms with Crippen LogP contribution in [0.25, 0.3) is 0 Å². The van der Waals surface area contributed by atoms with Crippen LogP contribution >= 0.6 is 0 Å². The SMILES string of the molecule is CC1(C)CC(=O)c2cc(C(=O)Nc3ccc(S(=O)(=O)NC4CCCCC4)cc3)ccc2O1. The number of carbonyl (C=O) groups is 2. The monoisotopic (exact) mass is 456 g/mol. The van der Waals surface area contributed by atoms with Crippen LogP contribution in [0.15, 0.2) is 47.4 Å². The first-order valence-electron chi connectivity index (χ1n) is 10.9. The Morgan fingerprint density at radius 1 is 1.03 bits per heavy atom. The minimum absolute atomic E-state index is 0.0191. The van der Waals surface area contributed by atoms with Gasteiger partial charge >= 0.3 is 0 Å². The van der Waals surface area contributed by atoms with Crippen LogP contribution in [0.1, 0.15) is 73.1 Å². The van der Waals surface area contributed by atoms with Crippen LogP contribution in [-0.4, -0.2) is 31.8 Å². The van der Waals surface area contributed by atoms with E-state index in [1.165, 1.54) is 18.2 Å². The van der Waals surface area contributed by atoms with E-state index in [1.54, 1.807) is 24.3 Å². The van der Waals surface area contributed by atoms with E-state index in [2.05, 4.69) is 10.0 Å². The summed E-state index contributed by atoms with van der Waals surface area (Å²) in [6, 6.07) is 10.8. The fraction of sp³-hybridized carbons (Fsp3) is 0.417. The number of fused-ring (bicyclic) bond motifs is 1. The molecule has 1 heterocycles. The van der Waals surface area contributed by atoms with Crippen molar-refractivity contribution in [2.75, 3.05) is 5.32 Å². The van der Waals surface area contributed by atoms with Crippen molar-refractivity contribution in [2.24, 2.45) is 0 Å². The largest absolute Gasteiger partial charge is 0.487 e. The topological polar surface area (TPSA) is 102 Å². The lowest BCUT2D eigenvalue weighted by Crippen LogP contribution is -2.36. The highest BCUT2D eigenvalue weighted by atomic mass is 32.2. The summed E-state index contributed by atoms with van der Waals surface area (Å²) in [5.41, 5.74) is 0.623. The Balaban J connectivity index is 1.44. The Kier molecular flexibility index (Phi) is 6.09. The zero-order chi connectivity index (χ0) is 22.9. The average Bonchev–Trinajstić information content (AvgIpc) is 2.73. The second-order valence-corrected chi connectivity index (χ2v) is 10.8. The van der Waals surface area contributed by atoms with Gasteiger partial charge < -0.3 is 10.1 Å². The number of ether oxygens (including phenoxy) is 1. The molecule has 0 radical (unpaired) electrons. The Hall–Kier alpha value is -2.71. The number of hydrogen-bond acceptors (Lipinski definition) is 5. The maximum absolute atomic E-state index is 12.7. The van der Waals surface area contributed by atoms with Crippen LogP contribution in [0.4, 0.5) is 5.69 Å². The second-order valence-electron chi connectivity index (χ2n) is 9.11. The van der Waals surface area contributed by atoms with Gasteiger partial charge in [-0.3, -0.25) is 9.59 Å². The molecule has 0 bridgehead atoms. The lowest BCUT2D eigenvalue weighted by Gasteiger charge is -2.31. The fourth-order valence-electron chi connectivity index (χ4n) is 4.22. The number of anilines is 1. The second kappa shape index (κ2) is 8.67. The molecule has 1 fully saturated rings. The first kappa shape index (κ1) is 22.5. The third-order valence-corrected chi connectivity index (χ3v) is 7.40. The van der Waals surface area contributed by atoms with Crippen molar-refractivity contribution < 1.29 is 22.7 Å². The maximum Gasteiger partial charge on any atom is 0.255 e. The van der Waals surface area contributed by atoms with Gasteiger partial charge in [0.1, 0.15) is 11.4 Å². The van der Waals surface area contributed by atoms with E-state index in [9.17, 15) is 18.0 Å². The van der Waals surface area contributed by atoms with Crippen LogP contribution in [0.2, 0.25) is 0 Å². The molecule has 8 heteroatoms. The Morgan fingerprint density at radius 3 is 2.41 bits per heavy atom. The number of sulfonamides is 1. The molecule has 7 nitrogen and oxygen atoms in total. The summed E-state index contributed by atoms with van der Waals surface area (Å²) in [6.07, 6.45) is 5.19. The fourth-order valence-corrected chi connectivity index (χ4v) is 5.53. The Labute approximate surface area is 188 Å². The molecule has 2 aromatic rings. The first-order chi connectivity index (χ1) is 15.1. The molecule has 2 aliphatic rings. The van der Waals surface area contributed by atoms with Gasteiger partial charge in [-0.15, -0.1) is 0 Å². The van der Waals surface area contributed by atoms with Gasteiger partial charge in [0.25, 0.3) is 5.91 Å². The third kappa shape index (κ3) is 5.02. The average molecular weight is 457 g/mol. The predicted molar refractivity (Wildman–Crippen MR) is 122 cm³/mol. The van der Waals surface area contributed by atoms with Gasteiger partial charge in [-0.2, -0.15) is 0 Å². The highest BCUT2D eigenvalue weighted by Crippen LogP contribution is 2.33. The molecule has 32 heavy (non-hydrogen) atoms. The molecule has 1 amide bonds. The first-order valence-corrected chi connectivity index (χ1v) is 12.4. The summed E-state index contributed by atoms with van der Waals surface area (Å²) >= 11 is 0. The molecule has 2 N–H and O–H groups in total. The normalized spacial score (nSPS) is 18.5. The van der Waals surface area contributed by atoms with Crippen molar-refractivity contribution in [3.63, 3.8) is 0 Å². The van der Waals surface area contributed by atoms with E-state index in [1.807, 2.05) is 13.8 Å². The van der Waals surface area contributed by atoms with Crippen molar-refractivity contribution in [2.45, 2.75) is 68.9 Å². The highest BCUT2D eigenvalue weighted by molar-refractivity contribution is 7.89. The van der Waals surface area contributed by atoms with Crippen molar-refractivity contribution >= 4 is 27.4 Å². The molecule has 0 unspecified atom stereocenters. The van der Waals surface area contributed by atoms with Crippen molar-refractivity contribution in [1.82, 2.24) is 4.72 Å². The van der Waals surface area contributed by atoms with Gasteiger partial charge in [0.2, 0.25) is 10.0 Å². The number of carbonyl (C=O) groups excluding carboxylic acids is 2. The third-order valence-electron chi connectivity index (χ3n) is 5.86. The molecule has 4 rings (SSSR count). The van der Waals surface area contributed by atoms with E-state index < -0.39 is 15.6 Å². The van der Waals surface area contributed by atoms with E-state index in [0.29, 0.717) is 22.6 Å². The Morgan fingerprint density at radius 2 is 1.72 bits per heavy atom. The molecule has 2 aromatic carbocycles. The number of amides is 1. The molecule has 1 aliphatic heterocycles. The quantitative estimate of drug-likeness (QED) is 0.699. The lowest BCUT2D eigenvalue weighted by atomic mass is 9.92. The van der Waals surface area contributed by atoms with Crippen molar-refractivity contribution in [3.8, 4) is 5.75 Å². The minimum atomic E-state index is -3.60. The summed E-state index contributed by atoms with van der Waals surface area (Å²) in [5.74, 6) is 0.0233. The van der Waals surface area contributed by atoms with Gasteiger partial charge in [0.15, 0.2) is 5.78 Å². The smallest absolute Gasteiger partial charge is 0.255 e. The molecular weight excluding hydrogens is 428 g/mol. The van der Waals surface area contributed by atoms with Crippen molar-refractivity contribution in [3.05, 3.63) is 53.6 Å². The summed E-state index contributed by atoms with van der Waals surface area (Å²) in [7, 11) is -3.60. The number of hydrogen-bond donors (Lipinski definition) is 2. The van der Waals surface area contributed by atoms with Gasteiger partial charge in [0, 0.05) is 17.3 Å². The van der Waals surface area contributed by atoms with Gasteiger partial charge in [-0.05, 0) is 69.2 Å². The molecule has 0 saturated heterocycles. The summed E-state index contributed by atoms with van der Waals surface area (Å²) in [4.78, 5) is 25.3. The zero-order valence-corrected chi connectivity index (χ0v) is 19.1. The number of benzene rings is 2. The molecule has 170 valence electrons. The molecule has 0 spiro atoms. The summed E-state index contributed by atoms with van der Waals surface area (Å²) < 4.78 is 33.9. The van der Waals surface area contributed by atoms with Crippen LogP contribution in [-0.2, 0) is 10.0 Å². The van der Waals surface area contributed by atoms with Crippen LogP contribution < -0.4 is 14.8 Å². The van der Waals surface area contributed by atoms with Gasteiger partial charge in [0.05, 0.1) is 16.9 Å². The zero-order valence-electron chi connectivity index (χ0n) is 18.3. The van der Waals surface area contributed by atoms with E-state index >= 15 is 0 Å². The summed E-state index contributed by atoms with van der Waals surface area (Å²) in [6.45, 7) is 3.70. The molecule has 0 aromatic heterocycles. The van der Waals surface area contributed by atoms with Crippen LogP contribution in [0, 0.1) is 0 Å². The predicted octanol–water partition coefficient (Wildman–Crippen LogP) is 4.29. The molecule has 1 saturated carbocycles. The molecule has 0 atom stereocenters. The number of Topliss-reactive ketones (excluding diaryl/α,β-unsaturated/α-hetero) is 1. The Bertz CT molecular complexity index is 1130. The minimum Gasteiger partial charge on any atom is -0.487 e. The van der Waals surface area contributed by atoms with Crippen molar-refractivity contribution in [1.29, 1.82) is 0 Å². The molecule has 1 aliphatic carbocycles. The van der Waals surface area contributed by atoms with E-state index in [0.717, 1.165) is 32.1 Å². The number of nitrogens with one attached hydrogen (secondary N) is 2. The van der Waals surface area contributed by atoms with E-state index in [4.69, 9.17) is 4.74 Å². The highest BCUT2D eigenvalue weighted by Gasteiger charge is 2.33. The lowest BCUT2D eigenvalue weighted by molar-refractivity contribution is 0.0620.